The van der Waals surface area contributed by atoms with E-state index in [9.17, 15) is 14.9 Å². The molecule has 3 rings (SSSR count). The van der Waals surface area contributed by atoms with Crippen LogP contribution < -0.4 is 0 Å². The van der Waals surface area contributed by atoms with Gasteiger partial charge in [-0.3, -0.25) is 9.59 Å². The van der Waals surface area contributed by atoms with Crippen molar-refractivity contribution in [1.82, 2.24) is 4.90 Å². The molecule has 1 amide bonds. The minimum atomic E-state index is -0.135. The molecule has 5 heteroatoms. The molecule has 0 bridgehead atoms. The Balaban J connectivity index is 1.78. The molecule has 2 aromatic rings. The van der Waals surface area contributed by atoms with Gasteiger partial charge in [-0.25, -0.2) is 0 Å². The zero-order chi connectivity index (χ0) is 23.6. The highest BCUT2D eigenvalue weighted by molar-refractivity contribution is 5.77. The van der Waals surface area contributed by atoms with Gasteiger partial charge in [0, 0.05) is 19.0 Å². The van der Waals surface area contributed by atoms with Crippen LogP contribution in [0.25, 0.3) is 11.1 Å². The first-order valence-electron chi connectivity index (χ1n) is 12.1. The average molecular weight is 447 g/mol. The maximum absolute atomic E-state index is 13.2. The fourth-order valence-corrected chi connectivity index (χ4v) is 4.63. The monoisotopic (exact) mass is 446 g/mol. The number of benzene rings is 2. The van der Waals surface area contributed by atoms with E-state index in [-0.39, 0.29) is 23.8 Å². The summed E-state index contributed by atoms with van der Waals surface area (Å²) in [6, 6.07) is 18.0. The van der Waals surface area contributed by atoms with Crippen molar-refractivity contribution < 1.29 is 14.3 Å². The van der Waals surface area contributed by atoms with E-state index in [2.05, 4.69) is 13.0 Å². The number of ether oxygens (including phenoxy) is 1. The standard InChI is InChI=1S/C28H34N2O3/c1-3-5-13-27(31)30(25-11-8-10-23(18-25)28(32)33-4-2)20-21-14-16-22(17-15-21)26-12-7-6-9-24(26)19-29/h6-7,9,12,14-17,23,25H,3-5,8,10-11,13,18,20H2,1-2H3. The number of carbonyl (C=O) groups is 2. The molecule has 0 aliphatic heterocycles. The second-order valence-corrected chi connectivity index (χ2v) is 8.75. The molecule has 2 aromatic carbocycles. The molecule has 1 aliphatic carbocycles. The summed E-state index contributed by atoms with van der Waals surface area (Å²) < 4.78 is 5.26. The summed E-state index contributed by atoms with van der Waals surface area (Å²) in [5.74, 6) is -0.107. The second-order valence-electron chi connectivity index (χ2n) is 8.75. The molecular formula is C28H34N2O3. The van der Waals surface area contributed by atoms with Crippen LogP contribution in [0.3, 0.4) is 0 Å². The van der Waals surface area contributed by atoms with Gasteiger partial charge in [0.1, 0.15) is 0 Å². The highest BCUT2D eigenvalue weighted by atomic mass is 16.5. The largest absolute Gasteiger partial charge is 0.466 e. The summed E-state index contributed by atoms with van der Waals surface area (Å²) in [5.41, 5.74) is 3.59. The second kappa shape index (κ2) is 12.2. The maximum atomic E-state index is 13.2. The number of hydrogen-bond acceptors (Lipinski definition) is 4. The summed E-state index contributed by atoms with van der Waals surface area (Å²) in [4.78, 5) is 27.5. The first kappa shape index (κ1) is 24.5. The lowest BCUT2D eigenvalue weighted by atomic mass is 9.84. The highest BCUT2D eigenvalue weighted by Gasteiger charge is 2.33. The predicted octanol–water partition coefficient (Wildman–Crippen LogP) is 5.87. The zero-order valence-corrected chi connectivity index (χ0v) is 19.8. The van der Waals surface area contributed by atoms with Crippen molar-refractivity contribution in [3.05, 3.63) is 59.7 Å². The molecular weight excluding hydrogens is 412 g/mol. The SMILES string of the molecule is CCCCC(=O)N(Cc1ccc(-c2ccccc2C#N)cc1)C1CCCC(C(=O)OCC)C1. The van der Waals surface area contributed by atoms with Crippen LogP contribution in [0.5, 0.6) is 0 Å². The third-order valence-electron chi connectivity index (χ3n) is 6.44. The number of amides is 1. The summed E-state index contributed by atoms with van der Waals surface area (Å²) in [6.07, 6.45) is 5.72. The van der Waals surface area contributed by atoms with E-state index < -0.39 is 0 Å². The average Bonchev–Trinajstić information content (AvgIpc) is 2.86. The van der Waals surface area contributed by atoms with Crippen LogP contribution in [0.1, 0.15) is 69.9 Å². The van der Waals surface area contributed by atoms with Crippen molar-refractivity contribution in [3.63, 3.8) is 0 Å². The Kier molecular flexibility index (Phi) is 9.06. The Labute approximate surface area is 197 Å². The maximum Gasteiger partial charge on any atom is 0.308 e. The van der Waals surface area contributed by atoms with Crippen molar-refractivity contribution in [3.8, 4) is 17.2 Å². The van der Waals surface area contributed by atoms with Crippen molar-refractivity contribution in [2.45, 2.75) is 71.4 Å². The third-order valence-corrected chi connectivity index (χ3v) is 6.44. The molecule has 1 saturated carbocycles. The quantitative estimate of drug-likeness (QED) is 0.452. The van der Waals surface area contributed by atoms with Crippen LogP contribution in [0.2, 0.25) is 0 Å². The Hall–Kier alpha value is -3.13. The number of esters is 1. The van der Waals surface area contributed by atoms with Gasteiger partial charge in [0.2, 0.25) is 5.91 Å². The summed E-state index contributed by atoms with van der Waals surface area (Å²) >= 11 is 0. The fraction of sp³-hybridized carbons (Fsp3) is 0.464. The topological polar surface area (TPSA) is 70.4 Å². The predicted molar refractivity (Wildman–Crippen MR) is 129 cm³/mol. The van der Waals surface area contributed by atoms with Crippen LogP contribution in [0.15, 0.2) is 48.5 Å². The molecule has 2 unspecified atom stereocenters. The van der Waals surface area contributed by atoms with Gasteiger partial charge in [-0.15, -0.1) is 0 Å². The van der Waals surface area contributed by atoms with E-state index in [4.69, 9.17) is 4.74 Å². The summed E-state index contributed by atoms with van der Waals surface area (Å²) in [5, 5.41) is 9.40. The van der Waals surface area contributed by atoms with Gasteiger partial charge in [-0.05, 0) is 55.4 Å². The van der Waals surface area contributed by atoms with E-state index >= 15 is 0 Å². The van der Waals surface area contributed by atoms with Crippen molar-refractivity contribution in [1.29, 1.82) is 5.26 Å². The summed E-state index contributed by atoms with van der Waals surface area (Å²) in [7, 11) is 0. The van der Waals surface area contributed by atoms with E-state index in [1.165, 1.54) is 0 Å². The Morgan fingerprint density at radius 2 is 1.85 bits per heavy atom. The highest BCUT2D eigenvalue weighted by Crippen LogP contribution is 2.31. The Morgan fingerprint density at radius 3 is 2.55 bits per heavy atom. The smallest absolute Gasteiger partial charge is 0.308 e. The molecule has 2 atom stereocenters. The van der Waals surface area contributed by atoms with E-state index in [0.717, 1.165) is 48.8 Å². The number of nitrogens with zero attached hydrogens (tertiary/aromatic N) is 2. The van der Waals surface area contributed by atoms with E-state index in [0.29, 0.717) is 31.6 Å². The molecule has 174 valence electrons. The molecule has 0 spiro atoms. The number of carbonyl (C=O) groups excluding carboxylic acids is 2. The van der Waals surface area contributed by atoms with Gasteiger partial charge >= 0.3 is 5.97 Å². The van der Waals surface area contributed by atoms with Crippen LogP contribution in [0.4, 0.5) is 0 Å². The first-order valence-corrected chi connectivity index (χ1v) is 12.1. The molecule has 1 fully saturated rings. The number of nitriles is 1. The van der Waals surface area contributed by atoms with Gasteiger partial charge < -0.3 is 9.64 Å². The Morgan fingerprint density at radius 1 is 1.09 bits per heavy atom. The minimum Gasteiger partial charge on any atom is -0.466 e. The molecule has 1 aliphatic rings. The first-order chi connectivity index (χ1) is 16.1. The van der Waals surface area contributed by atoms with Crippen molar-refractivity contribution in [2.24, 2.45) is 5.92 Å². The molecule has 0 N–H and O–H groups in total. The van der Waals surface area contributed by atoms with Crippen LogP contribution in [-0.2, 0) is 20.9 Å². The number of hydrogen-bond donors (Lipinski definition) is 0. The van der Waals surface area contributed by atoms with Crippen LogP contribution >= 0.6 is 0 Å². The summed E-state index contributed by atoms with van der Waals surface area (Å²) in [6.45, 7) is 4.84. The van der Waals surface area contributed by atoms with Gasteiger partial charge in [0.25, 0.3) is 0 Å². The molecule has 0 aromatic heterocycles. The van der Waals surface area contributed by atoms with Crippen molar-refractivity contribution >= 4 is 11.9 Å². The normalized spacial score (nSPS) is 17.7. The lowest BCUT2D eigenvalue weighted by Gasteiger charge is -2.37. The fourth-order valence-electron chi connectivity index (χ4n) is 4.63. The minimum absolute atomic E-state index is 0.0523. The third kappa shape index (κ3) is 6.44. The van der Waals surface area contributed by atoms with Crippen LogP contribution in [-0.4, -0.2) is 29.4 Å². The van der Waals surface area contributed by atoms with Crippen LogP contribution in [0, 0.1) is 17.2 Å². The number of unbranched alkanes of at least 4 members (excludes halogenated alkanes) is 1. The van der Waals surface area contributed by atoms with Crippen molar-refractivity contribution in [2.75, 3.05) is 6.61 Å². The number of rotatable bonds is 9. The Bertz CT molecular complexity index is 977. The van der Waals surface area contributed by atoms with Gasteiger partial charge in [0.15, 0.2) is 0 Å². The zero-order valence-electron chi connectivity index (χ0n) is 19.8. The lowest BCUT2D eigenvalue weighted by molar-refractivity contribution is -0.151. The molecule has 5 nitrogen and oxygen atoms in total. The van der Waals surface area contributed by atoms with Gasteiger partial charge in [-0.1, -0.05) is 62.2 Å². The lowest BCUT2D eigenvalue weighted by Crippen LogP contribution is -2.43. The molecule has 0 saturated heterocycles. The van der Waals surface area contributed by atoms with E-state index in [1.807, 2.05) is 60.4 Å². The van der Waals surface area contributed by atoms with Gasteiger partial charge in [-0.2, -0.15) is 5.26 Å². The van der Waals surface area contributed by atoms with E-state index in [1.54, 1.807) is 0 Å². The molecule has 0 heterocycles. The van der Waals surface area contributed by atoms with Gasteiger partial charge in [0.05, 0.1) is 24.2 Å². The molecule has 0 radical (unpaired) electrons. The molecule has 33 heavy (non-hydrogen) atoms.